The summed E-state index contributed by atoms with van der Waals surface area (Å²) in [7, 11) is 1.68. The third-order valence-electron chi connectivity index (χ3n) is 4.80. The number of thioether (sulfide) groups is 1. The van der Waals surface area contributed by atoms with Gasteiger partial charge in [0.1, 0.15) is 5.82 Å². The number of hydrogen-bond acceptors (Lipinski definition) is 6. The predicted molar refractivity (Wildman–Crippen MR) is 112 cm³/mol. The minimum atomic E-state index is -0.0735. The van der Waals surface area contributed by atoms with Gasteiger partial charge in [-0.3, -0.25) is 9.59 Å². The number of hydrogen-bond donors (Lipinski definition) is 0. The van der Waals surface area contributed by atoms with E-state index in [9.17, 15) is 9.59 Å². The summed E-state index contributed by atoms with van der Waals surface area (Å²) < 4.78 is 2.19. The maximum Gasteiger partial charge on any atom is 0.242 e. The molecule has 7 nitrogen and oxygen atoms in total. The SMILES string of the molecule is CCN(CC)C(=O)CN(C)C(=O)CSc1nnc(Cc2cccs2)n1C1CC1. The molecule has 2 heterocycles. The number of nitrogens with zero attached hydrogens (tertiary/aromatic N) is 5. The Kier molecular flexibility index (Phi) is 7.12. The Balaban J connectivity index is 1.59. The van der Waals surface area contributed by atoms with Crippen LogP contribution in [-0.4, -0.2) is 68.8 Å². The molecule has 3 rings (SSSR count). The molecule has 2 aromatic rings. The number of likely N-dealkylation sites (N-methyl/N-ethyl adjacent to an activating group) is 2. The van der Waals surface area contributed by atoms with Crippen molar-refractivity contribution < 1.29 is 9.59 Å². The van der Waals surface area contributed by atoms with Crippen LogP contribution >= 0.6 is 23.1 Å². The van der Waals surface area contributed by atoms with Crippen LogP contribution in [0.25, 0.3) is 0 Å². The number of amides is 2. The van der Waals surface area contributed by atoms with Crippen LogP contribution < -0.4 is 0 Å². The van der Waals surface area contributed by atoms with Crippen LogP contribution in [0, 0.1) is 0 Å². The van der Waals surface area contributed by atoms with Crippen LogP contribution in [0.5, 0.6) is 0 Å². The minimum absolute atomic E-state index is 0.0229. The van der Waals surface area contributed by atoms with Crippen molar-refractivity contribution in [3.63, 3.8) is 0 Å². The van der Waals surface area contributed by atoms with Crippen LogP contribution in [0.3, 0.4) is 0 Å². The average Bonchev–Trinajstić information content (AvgIpc) is 3.23. The quantitative estimate of drug-likeness (QED) is 0.552. The van der Waals surface area contributed by atoms with E-state index in [0.717, 1.165) is 30.2 Å². The maximum absolute atomic E-state index is 12.5. The van der Waals surface area contributed by atoms with Gasteiger partial charge in [0.2, 0.25) is 11.8 Å². The number of carbonyl (C=O) groups excluding carboxylic acids is 2. The zero-order valence-corrected chi connectivity index (χ0v) is 18.3. The molecule has 0 bridgehead atoms. The van der Waals surface area contributed by atoms with E-state index in [1.807, 2.05) is 19.9 Å². The fraction of sp³-hybridized carbons (Fsp3) is 0.579. The summed E-state index contributed by atoms with van der Waals surface area (Å²) >= 11 is 3.13. The minimum Gasteiger partial charge on any atom is -0.342 e. The van der Waals surface area contributed by atoms with Crippen molar-refractivity contribution in [2.24, 2.45) is 0 Å². The molecule has 28 heavy (non-hydrogen) atoms. The molecule has 152 valence electrons. The Morgan fingerprint density at radius 3 is 2.61 bits per heavy atom. The Labute approximate surface area is 174 Å². The smallest absolute Gasteiger partial charge is 0.242 e. The lowest BCUT2D eigenvalue weighted by atomic mass is 10.3. The van der Waals surface area contributed by atoms with Gasteiger partial charge in [0.25, 0.3) is 0 Å². The first-order valence-electron chi connectivity index (χ1n) is 9.64. The van der Waals surface area contributed by atoms with Gasteiger partial charge in [-0.2, -0.15) is 0 Å². The van der Waals surface area contributed by atoms with Crippen molar-refractivity contribution in [3.8, 4) is 0 Å². The first-order chi connectivity index (χ1) is 13.5. The second-order valence-electron chi connectivity index (χ2n) is 6.86. The normalized spacial score (nSPS) is 13.5. The molecule has 1 fully saturated rings. The van der Waals surface area contributed by atoms with Crippen LogP contribution in [0.4, 0.5) is 0 Å². The van der Waals surface area contributed by atoms with Crippen molar-refractivity contribution in [3.05, 3.63) is 28.2 Å². The fourth-order valence-electron chi connectivity index (χ4n) is 3.00. The summed E-state index contributed by atoms with van der Waals surface area (Å²) in [5, 5.41) is 11.6. The van der Waals surface area contributed by atoms with Crippen LogP contribution in [0.15, 0.2) is 22.7 Å². The third kappa shape index (κ3) is 5.14. The van der Waals surface area contributed by atoms with Gasteiger partial charge < -0.3 is 14.4 Å². The van der Waals surface area contributed by atoms with Gasteiger partial charge in [-0.05, 0) is 38.1 Å². The van der Waals surface area contributed by atoms with Gasteiger partial charge in [-0.15, -0.1) is 21.5 Å². The summed E-state index contributed by atoms with van der Waals surface area (Å²) in [4.78, 5) is 29.2. The lowest BCUT2D eigenvalue weighted by Crippen LogP contribution is -2.41. The molecule has 1 aliphatic carbocycles. The molecule has 0 atom stereocenters. The van der Waals surface area contributed by atoms with Gasteiger partial charge in [0.05, 0.1) is 12.3 Å². The van der Waals surface area contributed by atoms with Crippen LogP contribution in [-0.2, 0) is 16.0 Å². The van der Waals surface area contributed by atoms with E-state index in [4.69, 9.17) is 0 Å². The van der Waals surface area contributed by atoms with Gasteiger partial charge in [0.15, 0.2) is 5.16 Å². The van der Waals surface area contributed by atoms with Gasteiger partial charge in [-0.1, -0.05) is 17.8 Å². The Morgan fingerprint density at radius 1 is 1.25 bits per heavy atom. The molecular weight excluding hydrogens is 394 g/mol. The summed E-state index contributed by atoms with van der Waals surface area (Å²) in [6.07, 6.45) is 3.04. The third-order valence-corrected chi connectivity index (χ3v) is 6.60. The zero-order valence-electron chi connectivity index (χ0n) is 16.6. The Hall–Kier alpha value is -1.87. The molecule has 1 saturated carbocycles. The molecule has 9 heteroatoms. The highest BCUT2D eigenvalue weighted by atomic mass is 32.2. The zero-order chi connectivity index (χ0) is 20.1. The average molecular weight is 422 g/mol. The van der Waals surface area contributed by atoms with Crippen molar-refractivity contribution in [2.45, 2.75) is 44.3 Å². The molecule has 0 aromatic carbocycles. The topological polar surface area (TPSA) is 71.3 Å². The van der Waals surface area contributed by atoms with Crippen molar-refractivity contribution in [1.29, 1.82) is 0 Å². The van der Waals surface area contributed by atoms with Gasteiger partial charge >= 0.3 is 0 Å². The van der Waals surface area contributed by atoms with Crippen molar-refractivity contribution in [2.75, 3.05) is 32.4 Å². The first-order valence-corrected chi connectivity index (χ1v) is 11.5. The highest BCUT2D eigenvalue weighted by Gasteiger charge is 2.30. The summed E-state index contributed by atoms with van der Waals surface area (Å²) in [6.45, 7) is 5.31. The standard InChI is InChI=1S/C19H27N5O2S2/c1-4-23(5-2)17(25)12-22(3)18(26)13-28-19-21-20-16(24(19)14-8-9-14)11-15-7-6-10-27-15/h6-7,10,14H,4-5,8-9,11-13H2,1-3H3. The predicted octanol–water partition coefficient (Wildman–Crippen LogP) is 2.68. The van der Waals surface area contributed by atoms with Crippen LogP contribution in [0.1, 0.15) is 43.4 Å². The molecule has 0 radical (unpaired) electrons. The Bertz CT molecular complexity index is 797. The fourth-order valence-corrected chi connectivity index (χ4v) is 4.67. The molecule has 0 saturated heterocycles. The van der Waals surface area contributed by atoms with E-state index < -0.39 is 0 Å². The highest BCUT2D eigenvalue weighted by Crippen LogP contribution is 2.39. The molecule has 1 aliphatic rings. The number of aromatic nitrogens is 3. The number of carbonyl (C=O) groups is 2. The van der Waals surface area contributed by atoms with Crippen LogP contribution in [0.2, 0.25) is 0 Å². The number of thiophene rings is 1. The Morgan fingerprint density at radius 2 is 2.00 bits per heavy atom. The lowest BCUT2D eigenvalue weighted by Gasteiger charge is -2.23. The summed E-state index contributed by atoms with van der Waals surface area (Å²) in [5.74, 6) is 1.12. The molecule has 0 spiro atoms. The van der Waals surface area contributed by atoms with Gasteiger partial charge in [0, 0.05) is 37.5 Å². The highest BCUT2D eigenvalue weighted by molar-refractivity contribution is 7.99. The molecule has 0 aliphatic heterocycles. The second kappa shape index (κ2) is 9.56. The van der Waals surface area contributed by atoms with Gasteiger partial charge in [-0.25, -0.2) is 0 Å². The van der Waals surface area contributed by atoms with E-state index in [1.54, 1.807) is 23.3 Å². The molecule has 2 aromatic heterocycles. The molecule has 2 amide bonds. The summed E-state index contributed by atoms with van der Waals surface area (Å²) in [6, 6.07) is 4.60. The van der Waals surface area contributed by atoms with E-state index in [-0.39, 0.29) is 24.1 Å². The van der Waals surface area contributed by atoms with E-state index in [1.165, 1.54) is 21.5 Å². The molecule has 0 unspecified atom stereocenters. The maximum atomic E-state index is 12.5. The summed E-state index contributed by atoms with van der Waals surface area (Å²) in [5.41, 5.74) is 0. The van der Waals surface area contributed by atoms with Crippen molar-refractivity contribution in [1.82, 2.24) is 24.6 Å². The first kappa shape index (κ1) is 20.9. The lowest BCUT2D eigenvalue weighted by molar-refractivity contribution is -0.137. The molecular formula is C19H27N5O2S2. The van der Waals surface area contributed by atoms with Crippen molar-refractivity contribution >= 4 is 34.9 Å². The monoisotopic (exact) mass is 421 g/mol. The van der Waals surface area contributed by atoms with E-state index in [0.29, 0.717) is 19.1 Å². The number of rotatable bonds is 10. The molecule has 0 N–H and O–H groups in total. The second-order valence-corrected chi connectivity index (χ2v) is 8.84. The van der Waals surface area contributed by atoms with E-state index in [2.05, 4.69) is 26.2 Å². The van der Waals surface area contributed by atoms with E-state index >= 15 is 0 Å². The largest absolute Gasteiger partial charge is 0.342 e.